The van der Waals surface area contributed by atoms with E-state index in [1.807, 2.05) is 34.6 Å². The summed E-state index contributed by atoms with van der Waals surface area (Å²) < 4.78 is 2.01. The molecule has 1 aromatic heterocycles. The highest BCUT2D eigenvalue weighted by Gasteiger charge is 2.30. The lowest BCUT2D eigenvalue weighted by molar-refractivity contribution is 0.172. The van der Waals surface area contributed by atoms with E-state index in [9.17, 15) is 4.79 Å². The number of hydrogen-bond acceptors (Lipinski definition) is 5. The van der Waals surface area contributed by atoms with Gasteiger partial charge in [-0.2, -0.15) is 0 Å². The van der Waals surface area contributed by atoms with E-state index in [2.05, 4.69) is 38.3 Å². The van der Waals surface area contributed by atoms with Crippen molar-refractivity contribution in [1.29, 1.82) is 0 Å². The number of amides is 2. The Morgan fingerprint density at radius 3 is 2.70 bits per heavy atom. The van der Waals surface area contributed by atoms with Gasteiger partial charge in [-0.05, 0) is 25.6 Å². The van der Waals surface area contributed by atoms with Crippen molar-refractivity contribution in [1.82, 2.24) is 24.6 Å². The van der Waals surface area contributed by atoms with Crippen LogP contribution >= 0.6 is 0 Å². The molecule has 0 aliphatic carbocycles. The van der Waals surface area contributed by atoms with Crippen molar-refractivity contribution >= 4 is 17.4 Å². The summed E-state index contributed by atoms with van der Waals surface area (Å²) in [6.45, 7) is 10.7. The fourth-order valence-corrected chi connectivity index (χ4v) is 3.93. The second-order valence-corrected chi connectivity index (χ2v) is 7.12. The Morgan fingerprint density at radius 1 is 1.15 bits per heavy atom. The summed E-state index contributed by atoms with van der Waals surface area (Å²) in [5, 5.41) is 11.3. The Morgan fingerprint density at radius 2 is 1.93 bits per heavy atom. The normalized spacial score (nSPS) is 20.4. The third kappa shape index (κ3) is 3.49. The zero-order valence-corrected chi connectivity index (χ0v) is 16.0. The van der Waals surface area contributed by atoms with Gasteiger partial charge in [-0.15, -0.1) is 10.2 Å². The van der Waals surface area contributed by atoms with E-state index in [1.165, 1.54) is 0 Å². The minimum Gasteiger partial charge on any atom is -0.367 e. The minimum atomic E-state index is -0.0958. The average Bonchev–Trinajstić information content (AvgIpc) is 3.18. The average molecular weight is 369 g/mol. The van der Waals surface area contributed by atoms with Crippen LogP contribution in [0.1, 0.15) is 25.7 Å². The first-order valence-electron chi connectivity index (χ1n) is 9.69. The number of piperazine rings is 1. The molecule has 2 aliphatic heterocycles. The van der Waals surface area contributed by atoms with Gasteiger partial charge in [-0.1, -0.05) is 19.1 Å². The lowest BCUT2D eigenvalue weighted by atomic mass is 10.2. The van der Waals surface area contributed by atoms with Gasteiger partial charge in [0.15, 0.2) is 5.82 Å². The van der Waals surface area contributed by atoms with Crippen molar-refractivity contribution in [3.8, 4) is 0 Å². The summed E-state index contributed by atoms with van der Waals surface area (Å²) >= 11 is 0. The first-order valence-corrected chi connectivity index (χ1v) is 9.69. The Bertz CT molecular complexity index is 797. The lowest BCUT2D eigenvalue weighted by Crippen LogP contribution is -2.47. The third-order valence-corrected chi connectivity index (χ3v) is 5.64. The van der Waals surface area contributed by atoms with Crippen molar-refractivity contribution in [3.63, 3.8) is 0 Å². The number of aromatic nitrogens is 3. The van der Waals surface area contributed by atoms with E-state index in [4.69, 9.17) is 0 Å². The smallest absolute Gasteiger partial charge is 0.322 e. The van der Waals surface area contributed by atoms with Crippen LogP contribution in [0.2, 0.25) is 0 Å². The highest BCUT2D eigenvalue weighted by Crippen LogP contribution is 2.29. The summed E-state index contributed by atoms with van der Waals surface area (Å²) in [5.41, 5.74) is 1.96. The van der Waals surface area contributed by atoms with E-state index in [1.54, 1.807) is 6.33 Å². The number of carbonyl (C=O) groups is 1. The molecule has 0 bridgehead atoms. The molecule has 2 amide bonds. The van der Waals surface area contributed by atoms with Gasteiger partial charge in [0, 0.05) is 39.3 Å². The Labute approximate surface area is 159 Å². The number of anilines is 2. The van der Waals surface area contributed by atoms with E-state index in [0.717, 1.165) is 56.5 Å². The molecule has 1 fully saturated rings. The number of rotatable bonds is 3. The van der Waals surface area contributed by atoms with Crippen LogP contribution in [0.3, 0.4) is 0 Å². The number of urea groups is 1. The summed E-state index contributed by atoms with van der Waals surface area (Å²) in [6.07, 6.45) is 1.73. The molecule has 2 aromatic rings. The molecule has 27 heavy (non-hydrogen) atoms. The summed E-state index contributed by atoms with van der Waals surface area (Å²) in [6, 6.07) is 7.89. The van der Waals surface area contributed by atoms with Gasteiger partial charge in [0.2, 0.25) is 0 Å². The molecule has 4 rings (SSSR count). The molecule has 0 saturated carbocycles. The molecule has 0 radical (unpaired) electrons. The molecular weight excluding hydrogens is 342 g/mol. The number of nitrogens with one attached hydrogen (secondary N) is 1. The standard InChI is InChI=1S/C19H27N7O/c1-3-23-8-10-24(11-9-23)17-7-5-4-6-16(17)21-19(27)26-13-12-25-14-20-22-18(25)15(26)2/h4-7,14-15H,3,8-13H2,1-2H3,(H,21,27). The Kier molecular flexibility index (Phi) is 4.98. The quantitative estimate of drug-likeness (QED) is 0.897. The maximum atomic E-state index is 13.0. The largest absolute Gasteiger partial charge is 0.367 e. The molecule has 1 N–H and O–H groups in total. The van der Waals surface area contributed by atoms with Crippen LogP contribution < -0.4 is 10.2 Å². The zero-order valence-electron chi connectivity index (χ0n) is 16.0. The van der Waals surface area contributed by atoms with Gasteiger partial charge in [-0.3, -0.25) is 0 Å². The van der Waals surface area contributed by atoms with Gasteiger partial charge in [-0.25, -0.2) is 4.79 Å². The van der Waals surface area contributed by atoms with Crippen LogP contribution in [0, 0.1) is 0 Å². The molecule has 1 aromatic carbocycles. The zero-order chi connectivity index (χ0) is 18.8. The van der Waals surface area contributed by atoms with Crippen molar-refractivity contribution in [2.45, 2.75) is 26.4 Å². The van der Waals surface area contributed by atoms with E-state index >= 15 is 0 Å². The number of benzene rings is 1. The second-order valence-electron chi connectivity index (χ2n) is 7.12. The molecule has 8 nitrogen and oxygen atoms in total. The van der Waals surface area contributed by atoms with Crippen molar-refractivity contribution < 1.29 is 4.79 Å². The Balaban J connectivity index is 1.48. The van der Waals surface area contributed by atoms with Gasteiger partial charge < -0.3 is 24.6 Å². The molecular formula is C19H27N7O. The van der Waals surface area contributed by atoms with Gasteiger partial charge in [0.1, 0.15) is 6.33 Å². The van der Waals surface area contributed by atoms with Gasteiger partial charge in [0.25, 0.3) is 0 Å². The maximum Gasteiger partial charge on any atom is 0.322 e. The van der Waals surface area contributed by atoms with Crippen LogP contribution in [-0.2, 0) is 6.54 Å². The van der Waals surface area contributed by atoms with Crippen LogP contribution in [0.15, 0.2) is 30.6 Å². The van der Waals surface area contributed by atoms with Crippen LogP contribution in [-0.4, -0.2) is 69.9 Å². The molecule has 3 heterocycles. The SMILES string of the molecule is CCN1CCN(c2ccccc2NC(=O)N2CCn3cnnc3C2C)CC1. The van der Waals surface area contributed by atoms with E-state index in [-0.39, 0.29) is 12.1 Å². The van der Waals surface area contributed by atoms with Crippen LogP contribution in [0.4, 0.5) is 16.2 Å². The lowest BCUT2D eigenvalue weighted by Gasteiger charge is -2.37. The molecule has 144 valence electrons. The summed E-state index contributed by atoms with van der Waals surface area (Å²) in [5.74, 6) is 0.834. The van der Waals surface area contributed by atoms with Crippen molar-refractivity contribution in [3.05, 3.63) is 36.4 Å². The maximum absolute atomic E-state index is 13.0. The number of nitrogens with zero attached hydrogens (tertiary/aromatic N) is 6. The number of hydrogen-bond donors (Lipinski definition) is 1. The summed E-state index contributed by atoms with van der Waals surface area (Å²) in [4.78, 5) is 19.6. The van der Waals surface area contributed by atoms with Crippen LogP contribution in [0.5, 0.6) is 0 Å². The number of fused-ring (bicyclic) bond motifs is 1. The fraction of sp³-hybridized carbons (Fsp3) is 0.526. The topological polar surface area (TPSA) is 69.5 Å². The number of carbonyl (C=O) groups excluding carboxylic acids is 1. The molecule has 1 saturated heterocycles. The first-order chi connectivity index (χ1) is 13.2. The molecule has 1 unspecified atom stereocenters. The highest BCUT2D eigenvalue weighted by atomic mass is 16.2. The van der Waals surface area contributed by atoms with E-state index in [0.29, 0.717) is 6.54 Å². The third-order valence-electron chi connectivity index (χ3n) is 5.64. The van der Waals surface area contributed by atoms with Crippen LogP contribution in [0.25, 0.3) is 0 Å². The highest BCUT2D eigenvalue weighted by molar-refractivity contribution is 5.93. The predicted molar refractivity (Wildman–Crippen MR) is 105 cm³/mol. The van der Waals surface area contributed by atoms with Gasteiger partial charge in [0.05, 0.1) is 17.4 Å². The first kappa shape index (κ1) is 17.8. The fourth-order valence-electron chi connectivity index (χ4n) is 3.93. The summed E-state index contributed by atoms with van der Waals surface area (Å²) in [7, 11) is 0. The van der Waals surface area contributed by atoms with Crippen molar-refractivity contribution in [2.75, 3.05) is 49.5 Å². The number of likely N-dealkylation sites (N-methyl/N-ethyl adjacent to an activating group) is 1. The number of para-hydroxylation sites is 2. The molecule has 8 heteroatoms. The Hall–Kier alpha value is -2.61. The molecule has 2 aliphatic rings. The van der Waals surface area contributed by atoms with E-state index < -0.39 is 0 Å². The molecule has 0 spiro atoms. The van der Waals surface area contributed by atoms with Gasteiger partial charge >= 0.3 is 6.03 Å². The predicted octanol–water partition coefficient (Wildman–Crippen LogP) is 2.03. The van der Waals surface area contributed by atoms with Crippen molar-refractivity contribution in [2.24, 2.45) is 0 Å². The second kappa shape index (κ2) is 7.56. The minimum absolute atomic E-state index is 0.0867. The monoisotopic (exact) mass is 369 g/mol. The molecule has 1 atom stereocenters.